The maximum absolute atomic E-state index is 12.3. The molecule has 0 saturated carbocycles. The summed E-state index contributed by atoms with van der Waals surface area (Å²) in [6.45, 7) is 2.03. The first-order chi connectivity index (χ1) is 12.4. The molecule has 3 amide bonds. The molecule has 10 heteroatoms. The molecule has 142 valence electrons. The van der Waals surface area contributed by atoms with Gasteiger partial charge in [0.25, 0.3) is 11.6 Å². The van der Waals surface area contributed by atoms with Crippen molar-refractivity contribution in [2.45, 2.75) is 19.4 Å². The molecule has 0 aromatic heterocycles. The number of nitrogens with zero attached hydrogens (tertiary/aromatic N) is 1. The highest BCUT2D eigenvalue weighted by atomic mass is 32.2. The lowest BCUT2D eigenvalue weighted by Gasteiger charge is -2.18. The highest BCUT2D eigenvalue weighted by Gasteiger charge is 2.22. The van der Waals surface area contributed by atoms with Gasteiger partial charge in [-0.3, -0.25) is 24.5 Å². The molecule has 1 atom stereocenters. The summed E-state index contributed by atoms with van der Waals surface area (Å²) in [7, 11) is 0. The van der Waals surface area contributed by atoms with Gasteiger partial charge in [-0.05, 0) is 31.4 Å². The van der Waals surface area contributed by atoms with Crippen LogP contribution in [0, 0.1) is 10.1 Å². The number of carbonyl (C=O) groups excluding carboxylic acids is 3. The second kappa shape index (κ2) is 11.1. The third-order valence-corrected chi connectivity index (χ3v) is 3.99. The zero-order valence-corrected chi connectivity index (χ0v) is 15.4. The van der Waals surface area contributed by atoms with E-state index in [0.29, 0.717) is 18.7 Å². The lowest BCUT2D eigenvalue weighted by molar-refractivity contribution is -0.384. The van der Waals surface area contributed by atoms with Crippen LogP contribution in [0.2, 0.25) is 0 Å². The fourth-order valence-corrected chi connectivity index (χ4v) is 2.53. The highest BCUT2D eigenvalue weighted by Crippen LogP contribution is 2.13. The van der Waals surface area contributed by atoms with E-state index in [1.807, 2.05) is 6.26 Å². The molecule has 3 N–H and O–H groups in total. The van der Waals surface area contributed by atoms with E-state index >= 15 is 0 Å². The zero-order valence-electron chi connectivity index (χ0n) is 14.6. The minimum absolute atomic E-state index is 0.0878. The summed E-state index contributed by atoms with van der Waals surface area (Å²) in [6.07, 6.45) is 2.23. The second-order valence-corrected chi connectivity index (χ2v) is 6.27. The molecule has 0 radical (unpaired) electrons. The van der Waals surface area contributed by atoms with Gasteiger partial charge in [0.05, 0.1) is 11.5 Å². The lowest BCUT2D eigenvalue weighted by Crippen LogP contribution is -2.49. The molecule has 0 aliphatic heterocycles. The van der Waals surface area contributed by atoms with Gasteiger partial charge in [-0.25, -0.2) is 0 Å². The molecule has 9 nitrogen and oxygen atoms in total. The molecule has 0 aliphatic rings. The Hall–Kier alpha value is -2.62. The molecular weight excluding hydrogens is 360 g/mol. The third-order valence-electron chi connectivity index (χ3n) is 3.35. The quantitative estimate of drug-likeness (QED) is 0.403. The number of thioether (sulfide) groups is 1. The van der Waals surface area contributed by atoms with Crippen molar-refractivity contribution < 1.29 is 19.3 Å². The first-order valence-corrected chi connectivity index (χ1v) is 9.37. The van der Waals surface area contributed by atoms with Crippen LogP contribution in [0.25, 0.3) is 0 Å². The molecule has 0 unspecified atom stereocenters. The molecule has 26 heavy (non-hydrogen) atoms. The van der Waals surface area contributed by atoms with Gasteiger partial charge >= 0.3 is 0 Å². The summed E-state index contributed by atoms with van der Waals surface area (Å²) in [6, 6.07) is 4.41. The van der Waals surface area contributed by atoms with E-state index < -0.39 is 22.8 Å². The topological polar surface area (TPSA) is 130 Å². The predicted octanol–water partition coefficient (Wildman–Crippen LogP) is 0.699. The van der Waals surface area contributed by atoms with Gasteiger partial charge in [-0.15, -0.1) is 0 Å². The Bertz CT molecular complexity index is 668. The van der Waals surface area contributed by atoms with E-state index in [1.165, 1.54) is 30.0 Å². The zero-order chi connectivity index (χ0) is 19.5. The van der Waals surface area contributed by atoms with Crippen molar-refractivity contribution in [1.29, 1.82) is 0 Å². The Morgan fingerprint density at radius 1 is 1.27 bits per heavy atom. The molecule has 0 spiro atoms. The normalized spacial score (nSPS) is 11.3. The number of rotatable bonds is 10. The van der Waals surface area contributed by atoms with E-state index in [4.69, 9.17) is 0 Å². The second-order valence-electron chi connectivity index (χ2n) is 5.29. The minimum Gasteiger partial charge on any atom is -0.355 e. The van der Waals surface area contributed by atoms with Crippen LogP contribution in [0.1, 0.15) is 23.7 Å². The van der Waals surface area contributed by atoms with Crippen molar-refractivity contribution >= 4 is 35.2 Å². The number of hydrogen-bond acceptors (Lipinski definition) is 6. The summed E-state index contributed by atoms with van der Waals surface area (Å²) in [5, 5.41) is 18.4. The number of likely N-dealkylation sites (N-methyl/N-ethyl adjacent to an activating group) is 1. The summed E-state index contributed by atoms with van der Waals surface area (Å²) in [4.78, 5) is 46.3. The highest BCUT2D eigenvalue weighted by molar-refractivity contribution is 7.98. The number of non-ortho nitro benzene ring substituents is 1. The van der Waals surface area contributed by atoms with Gasteiger partial charge in [-0.2, -0.15) is 11.8 Å². The Labute approximate surface area is 155 Å². The SMILES string of the molecule is CCNC(=O)CNC(=O)[C@@H](CCSC)NC(=O)c1cccc([N+](=O)[O-])c1. The number of amides is 3. The number of nitro benzene ring substituents is 1. The van der Waals surface area contributed by atoms with E-state index in [-0.39, 0.29) is 23.7 Å². The van der Waals surface area contributed by atoms with Crippen LogP contribution in [0.4, 0.5) is 5.69 Å². The van der Waals surface area contributed by atoms with E-state index in [2.05, 4.69) is 16.0 Å². The van der Waals surface area contributed by atoms with Crippen molar-refractivity contribution in [3.63, 3.8) is 0 Å². The molecule has 1 rings (SSSR count). The monoisotopic (exact) mass is 382 g/mol. The van der Waals surface area contributed by atoms with Crippen molar-refractivity contribution in [3.05, 3.63) is 39.9 Å². The van der Waals surface area contributed by atoms with Crippen molar-refractivity contribution in [2.24, 2.45) is 0 Å². The Morgan fingerprint density at radius 3 is 2.62 bits per heavy atom. The summed E-state index contributed by atoms with van der Waals surface area (Å²) >= 11 is 1.51. The van der Waals surface area contributed by atoms with Gasteiger partial charge in [0, 0.05) is 24.2 Å². The molecular formula is C16H22N4O5S. The molecule has 1 aromatic rings. The van der Waals surface area contributed by atoms with Crippen LogP contribution in [0.5, 0.6) is 0 Å². The minimum atomic E-state index is -0.844. The maximum Gasteiger partial charge on any atom is 0.270 e. The maximum atomic E-state index is 12.3. The molecule has 0 heterocycles. The van der Waals surface area contributed by atoms with Crippen LogP contribution < -0.4 is 16.0 Å². The average molecular weight is 382 g/mol. The Balaban J connectivity index is 2.77. The first-order valence-electron chi connectivity index (χ1n) is 7.97. The van der Waals surface area contributed by atoms with Crippen molar-refractivity contribution in [1.82, 2.24) is 16.0 Å². The lowest BCUT2D eigenvalue weighted by atomic mass is 10.1. The van der Waals surface area contributed by atoms with Crippen molar-refractivity contribution in [2.75, 3.05) is 25.1 Å². The number of carbonyl (C=O) groups is 3. The number of nitro groups is 1. The number of hydrogen-bond donors (Lipinski definition) is 3. The van der Waals surface area contributed by atoms with E-state index in [1.54, 1.807) is 6.92 Å². The number of benzene rings is 1. The largest absolute Gasteiger partial charge is 0.355 e. The number of nitrogens with one attached hydrogen (secondary N) is 3. The molecule has 0 saturated heterocycles. The molecule has 1 aromatic carbocycles. The third kappa shape index (κ3) is 7.09. The van der Waals surface area contributed by atoms with Gasteiger partial charge in [0.1, 0.15) is 6.04 Å². The van der Waals surface area contributed by atoms with E-state index in [0.717, 1.165) is 6.07 Å². The van der Waals surface area contributed by atoms with Crippen LogP contribution in [-0.4, -0.2) is 53.8 Å². The standard InChI is InChI=1S/C16H22N4O5S/c1-3-17-14(21)10-18-16(23)13(7-8-26-2)19-15(22)11-5-4-6-12(9-11)20(24)25/h4-6,9,13H,3,7-8,10H2,1-2H3,(H,17,21)(H,18,23)(H,19,22)/t13-/m1/s1. The van der Waals surface area contributed by atoms with Crippen molar-refractivity contribution in [3.8, 4) is 0 Å². The van der Waals surface area contributed by atoms with Gasteiger partial charge in [-0.1, -0.05) is 6.07 Å². The molecule has 0 aliphatic carbocycles. The average Bonchev–Trinajstić information content (AvgIpc) is 2.63. The van der Waals surface area contributed by atoms with Gasteiger partial charge in [0.15, 0.2) is 0 Å². The Kier molecular flexibility index (Phi) is 9.13. The van der Waals surface area contributed by atoms with Crippen LogP contribution in [0.15, 0.2) is 24.3 Å². The predicted molar refractivity (Wildman–Crippen MR) is 99.0 cm³/mol. The van der Waals surface area contributed by atoms with E-state index in [9.17, 15) is 24.5 Å². The summed E-state index contributed by atoms with van der Waals surface area (Å²) < 4.78 is 0. The fraction of sp³-hybridized carbons (Fsp3) is 0.438. The molecule has 0 bridgehead atoms. The first kappa shape index (κ1) is 21.4. The van der Waals surface area contributed by atoms with Crippen LogP contribution in [0.3, 0.4) is 0 Å². The summed E-state index contributed by atoms with van der Waals surface area (Å²) in [5.74, 6) is -0.777. The van der Waals surface area contributed by atoms with Crippen LogP contribution >= 0.6 is 11.8 Å². The summed E-state index contributed by atoms with van der Waals surface area (Å²) in [5.41, 5.74) is -0.121. The fourth-order valence-electron chi connectivity index (χ4n) is 2.06. The molecule has 0 fully saturated rings. The van der Waals surface area contributed by atoms with Crippen LogP contribution in [-0.2, 0) is 9.59 Å². The van der Waals surface area contributed by atoms with Gasteiger partial charge < -0.3 is 16.0 Å². The smallest absolute Gasteiger partial charge is 0.270 e. The van der Waals surface area contributed by atoms with Gasteiger partial charge in [0.2, 0.25) is 11.8 Å². The Morgan fingerprint density at radius 2 is 2.00 bits per heavy atom.